The van der Waals surface area contributed by atoms with Crippen LogP contribution >= 0.6 is 7.75 Å². The minimum Gasteiger partial charge on any atom is -0.347 e. The zero-order valence-corrected chi connectivity index (χ0v) is 27.9. The molecule has 1 saturated carbocycles. The molecule has 0 spiro atoms. The van der Waals surface area contributed by atoms with Crippen LogP contribution in [0.25, 0.3) is 10.9 Å². The van der Waals surface area contributed by atoms with Crippen LogP contribution in [0.1, 0.15) is 94.2 Å². The van der Waals surface area contributed by atoms with Gasteiger partial charge in [-0.1, -0.05) is 67.3 Å². The number of carbonyl (C=O) groups is 1. The van der Waals surface area contributed by atoms with Gasteiger partial charge in [-0.15, -0.1) is 0 Å². The first-order chi connectivity index (χ1) is 21.4. The number of nitrogens with one attached hydrogen (secondary N) is 1. The zero-order chi connectivity index (χ0) is 30.9. The third-order valence-corrected chi connectivity index (χ3v) is 11.4. The lowest BCUT2D eigenvalue weighted by Gasteiger charge is -2.33. The van der Waals surface area contributed by atoms with Gasteiger partial charge in [0.15, 0.2) is 0 Å². The molecule has 7 nitrogen and oxygen atoms in total. The van der Waals surface area contributed by atoms with Gasteiger partial charge in [-0.2, -0.15) is 0 Å². The molecule has 3 aromatic rings. The number of benzene rings is 2. The zero-order valence-electron chi connectivity index (χ0n) is 27.0. The van der Waals surface area contributed by atoms with E-state index in [4.69, 9.17) is 9.05 Å². The minimum absolute atomic E-state index is 0.00750. The summed E-state index contributed by atoms with van der Waals surface area (Å²) < 4.78 is 25.9. The van der Waals surface area contributed by atoms with E-state index in [9.17, 15) is 9.36 Å². The maximum Gasteiger partial charge on any atom is 0.405 e. The van der Waals surface area contributed by atoms with Crippen LogP contribution in [0.5, 0.6) is 0 Å². The van der Waals surface area contributed by atoms with Crippen LogP contribution in [0.3, 0.4) is 0 Å². The molecule has 0 radical (unpaired) electrons. The van der Waals surface area contributed by atoms with Crippen molar-refractivity contribution in [3.05, 3.63) is 71.4 Å². The SMILES string of the molecule is CCOP(=O)(NCCC1CCN(C(=O)CC(c2cccc(C)c2)c2cn(CC3CCCCC3)c3ccccc23)CC1)OCC. The molecule has 1 aliphatic heterocycles. The fourth-order valence-electron chi connectivity index (χ4n) is 7.29. The van der Waals surface area contributed by atoms with Crippen LogP contribution in [-0.4, -0.2) is 48.2 Å². The Kier molecular flexibility index (Phi) is 11.8. The summed E-state index contributed by atoms with van der Waals surface area (Å²) in [6.07, 6.45) is 12.3. The number of hydrogen-bond donors (Lipinski definition) is 1. The number of aryl methyl sites for hydroxylation is 1. The summed E-state index contributed by atoms with van der Waals surface area (Å²) in [7, 11) is -3.24. The summed E-state index contributed by atoms with van der Waals surface area (Å²) in [4.78, 5) is 16.0. The lowest BCUT2D eigenvalue weighted by Crippen LogP contribution is -2.39. The molecular weight excluding hydrogens is 569 g/mol. The van der Waals surface area contributed by atoms with Crippen molar-refractivity contribution in [3.63, 3.8) is 0 Å². The van der Waals surface area contributed by atoms with Gasteiger partial charge in [0, 0.05) is 55.6 Å². The number of likely N-dealkylation sites (tertiary alicyclic amines) is 1. The van der Waals surface area contributed by atoms with Gasteiger partial charge < -0.3 is 9.47 Å². The number of aromatic nitrogens is 1. The molecule has 5 rings (SSSR count). The summed E-state index contributed by atoms with van der Waals surface area (Å²) in [5.41, 5.74) is 4.99. The topological polar surface area (TPSA) is 72.8 Å². The molecule has 1 atom stereocenters. The second kappa shape index (κ2) is 15.7. The molecule has 240 valence electrons. The number of rotatable bonds is 14. The molecule has 8 heteroatoms. The quantitative estimate of drug-likeness (QED) is 0.183. The van der Waals surface area contributed by atoms with Gasteiger partial charge in [0.1, 0.15) is 0 Å². The summed E-state index contributed by atoms with van der Waals surface area (Å²) in [5, 5.41) is 4.29. The second-order valence-electron chi connectivity index (χ2n) is 12.8. The highest BCUT2D eigenvalue weighted by Crippen LogP contribution is 2.43. The molecule has 2 aromatic carbocycles. The van der Waals surface area contributed by atoms with Crippen molar-refractivity contribution in [1.29, 1.82) is 0 Å². The van der Waals surface area contributed by atoms with E-state index in [1.54, 1.807) is 0 Å². The number of carbonyl (C=O) groups excluding carboxylic acids is 1. The Balaban J connectivity index is 1.28. The lowest BCUT2D eigenvalue weighted by atomic mass is 9.86. The number of amides is 1. The summed E-state index contributed by atoms with van der Waals surface area (Å²) in [5.74, 6) is 1.45. The monoisotopic (exact) mass is 621 g/mol. The summed E-state index contributed by atoms with van der Waals surface area (Å²) in [6, 6.07) is 17.5. The Morgan fingerprint density at radius 3 is 2.39 bits per heavy atom. The van der Waals surface area contributed by atoms with E-state index in [0.717, 1.165) is 44.8 Å². The van der Waals surface area contributed by atoms with Gasteiger partial charge >= 0.3 is 7.75 Å². The van der Waals surface area contributed by atoms with E-state index in [2.05, 4.69) is 76.2 Å². The Morgan fingerprint density at radius 1 is 0.955 bits per heavy atom. The number of hydrogen-bond acceptors (Lipinski definition) is 4. The van der Waals surface area contributed by atoms with Crippen molar-refractivity contribution in [2.75, 3.05) is 32.8 Å². The predicted octanol–water partition coefficient (Wildman–Crippen LogP) is 8.45. The standard InChI is InChI=1S/C36H52N3O4P/c1-4-42-44(41,43-5-2)37-21-18-29-19-22-38(23-20-29)36(40)25-33(31-15-11-12-28(3)24-31)34-27-39(26-30-13-7-6-8-14-30)35-17-10-9-16-32(34)35/h9-12,15-17,24,27,29-30,33H,4-8,13-14,18-23,25-26H2,1-3H3,(H,37,41). The Bertz CT molecular complexity index is 1400. The molecule has 1 aliphatic carbocycles. The van der Waals surface area contributed by atoms with E-state index in [-0.39, 0.29) is 11.8 Å². The molecule has 1 aromatic heterocycles. The van der Waals surface area contributed by atoms with E-state index in [0.29, 0.717) is 32.1 Å². The highest BCUT2D eigenvalue weighted by molar-refractivity contribution is 7.51. The molecule has 1 saturated heterocycles. The van der Waals surface area contributed by atoms with E-state index in [1.165, 1.54) is 59.7 Å². The number of para-hydroxylation sites is 1. The first-order valence-corrected chi connectivity index (χ1v) is 18.5. The normalized spacial score (nSPS) is 17.8. The Morgan fingerprint density at radius 2 is 1.68 bits per heavy atom. The Labute approximate surface area is 264 Å². The van der Waals surface area contributed by atoms with Crippen molar-refractivity contribution >= 4 is 24.6 Å². The molecule has 1 N–H and O–H groups in total. The van der Waals surface area contributed by atoms with Crippen LogP contribution < -0.4 is 5.09 Å². The molecule has 1 amide bonds. The van der Waals surface area contributed by atoms with Crippen molar-refractivity contribution in [3.8, 4) is 0 Å². The van der Waals surface area contributed by atoms with Gasteiger partial charge in [0.2, 0.25) is 5.91 Å². The van der Waals surface area contributed by atoms with Crippen LogP contribution in [0.15, 0.2) is 54.7 Å². The molecule has 2 fully saturated rings. The molecular formula is C36H52N3O4P. The molecule has 2 heterocycles. The summed E-state index contributed by atoms with van der Waals surface area (Å²) >= 11 is 0. The predicted molar refractivity (Wildman–Crippen MR) is 179 cm³/mol. The number of fused-ring (bicyclic) bond motifs is 1. The lowest BCUT2D eigenvalue weighted by molar-refractivity contribution is -0.132. The van der Waals surface area contributed by atoms with Crippen molar-refractivity contribution < 1.29 is 18.4 Å². The van der Waals surface area contributed by atoms with Crippen LogP contribution in [-0.2, 0) is 25.0 Å². The highest BCUT2D eigenvalue weighted by Gasteiger charge is 2.29. The molecule has 1 unspecified atom stereocenters. The number of piperidine rings is 1. The summed E-state index contributed by atoms with van der Waals surface area (Å²) in [6.45, 7) is 9.63. The van der Waals surface area contributed by atoms with Gasteiger partial charge in [-0.05, 0) is 81.9 Å². The molecule has 2 aliphatic rings. The second-order valence-corrected chi connectivity index (χ2v) is 14.6. The van der Waals surface area contributed by atoms with Gasteiger partial charge in [-0.3, -0.25) is 13.8 Å². The fraction of sp³-hybridized carbons (Fsp3) is 0.583. The van der Waals surface area contributed by atoms with Crippen molar-refractivity contribution in [2.24, 2.45) is 11.8 Å². The van der Waals surface area contributed by atoms with Gasteiger partial charge in [0.25, 0.3) is 0 Å². The van der Waals surface area contributed by atoms with E-state index < -0.39 is 7.75 Å². The van der Waals surface area contributed by atoms with Gasteiger partial charge in [-0.25, -0.2) is 9.65 Å². The van der Waals surface area contributed by atoms with Crippen molar-refractivity contribution in [1.82, 2.24) is 14.6 Å². The average molecular weight is 622 g/mol. The van der Waals surface area contributed by atoms with Crippen LogP contribution in [0, 0.1) is 18.8 Å². The third-order valence-electron chi connectivity index (χ3n) is 9.62. The smallest absolute Gasteiger partial charge is 0.347 e. The first kappa shape index (κ1) is 32.9. The van der Waals surface area contributed by atoms with Crippen molar-refractivity contribution in [2.45, 2.75) is 91.0 Å². The first-order valence-electron chi connectivity index (χ1n) is 17.0. The molecule has 0 bridgehead atoms. The maximum atomic E-state index is 13.9. The number of nitrogens with zero attached hydrogens (tertiary/aromatic N) is 2. The average Bonchev–Trinajstić information content (AvgIpc) is 3.38. The van der Waals surface area contributed by atoms with E-state index >= 15 is 0 Å². The fourth-order valence-corrected chi connectivity index (χ4v) is 8.63. The maximum absolute atomic E-state index is 13.9. The van der Waals surface area contributed by atoms with Crippen LogP contribution in [0.2, 0.25) is 0 Å². The largest absolute Gasteiger partial charge is 0.405 e. The third kappa shape index (κ3) is 8.42. The van der Waals surface area contributed by atoms with Gasteiger partial charge in [0.05, 0.1) is 13.2 Å². The molecule has 44 heavy (non-hydrogen) atoms. The minimum atomic E-state index is -3.24. The van der Waals surface area contributed by atoms with E-state index in [1.807, 2.05) is 13.8 Å². The highest BCUT2D eigenvalue weighted by atomic mass is 31.2. The van der Waals surface area contributed by atoms with Crippen LogP contribution in [0.4, 0.5) is 0 Å². The Hall–Kier alpha value is -2.44.